The summed E-state index contributed by atoms with van der Waals surface area (Å²) in [6.45, 7) is 6.43. The number of carboxylic acids is 1. The van der Waals surface area contributed by atoms with Gasteiger partial charge in [-0.25, -0.2) is 9.18 Å². The van der Waals surface area contributed by atoms with Gasteiger partial charge in [0, 0.05) is 44.3 Å². The summed E-state index contributed by atoms with van der Waals surface area (Å²) in [7, 11) is 0. The highest BCUT2D eigenvalue weighted by Gasteiger charge is 2.22. The second-order valence-electron chi connectivity index (χ2n) is 6.34. The van der Waals surface area contributed by atoms with Crippen molar-refractivity contribution < 1.29 is 14.3 Å². The third-order valence-corrected chi connectivity index (χ3v) is 4.81. The van der Waals surface area contributed by atoms with E-state index in [1.807, 2.05) is 16.7 Å². The molecule has 3 rings (SSSR count). The first-order valence-electron chi connectivity index (χ1n) is 8.48. The molecule has 2 aromatic rings. The summed E-state index contributed by atoms with van der Waals surface area (Å²) in [5.41, 5.74) is -0.123. The van der Waals surface area contributed by atoms with E-state index < -0.39 is 17.2 Å². The van der Waals surface area contributed by atoms with Crippen LogP contribution in [0.3, 0.4) is 0 Å². The molecule has 1 aromatic carbocycles. The van der Waals surface area contributed by atoms with Gasteiger partial charge in [0.05, 0.1) is 17.0 Å². The van der Waals surface area contributed by atoms with Crippen molar-refractivity contribution in [2.24, 2.45) is 0 Å². The average molecular weight is 360 g/mol. The Morgan fingerprint density at radius 3 is 2.46 bits per heavy atom. The molecule has 0 aliphatic carbocycles. The zero-order chi connectivity index (χ0) is 19.0. The highest BCUT2D eigenvalue weighted by Crippen LogP contribution is 2.26. The highest BCUT2D eigenvalue weighted by molar-refractivity contribution is 5.93. The van der Waals surface area contributed by atoms with Gasteiger partial charge in [-0.05, 0) is 26.0 Å². The number of benzene rings is 1. The lowest BCUT2D eigenvalue weighted by molar-refractivity contribution is 0.0695. The fourth-order valence-corrected chi connectivity index (χ4v) is 3.34. The molecule has 2 N–H and O–H groups in total. The number of carboxylic acid groups (broad SMARTS) is 1. The van der Waals surface area contributed by atoms with Crippen LogP contribution in [0.15, 0.2) is 23.1 Å². The fourth-order valence-electron chi connectivity index (χ4n) is 3.34. The van der Waals surface area contributed by atoms with Gasteiger partial charge in [0.1, 0.15) is 11.4 Å². The molecule has 0 radical (unpaired) electrons. The lowest BCUT2D eigenvalue weighted by atomic mass is 10.1. The van der Waals surface area contributed by atoms with Crippen molar-refractivity contribution in [3.63, 3.8) is 0 Å². The summed E-state index contributed by atoms with van der Waals surface area (Å²) < 4.78 is 16.4. The standard InChI is InChI=1S/C18H21FN4O3/c1-3-21-10-13(18(25)26)17(24)12-8-14(19)16(9-15(12)21)23-6-4-22(5-7-23)11(2)20/h8-10,20H,3-7H2,1-2H3,(H,25,26). The molecule has 1 aromatic heterocycles. The maximum atomic E-state index is 14.7. The van der Waals surface area contributed by atoms with Gasteiger partial charge in [-0.2, -0.15) is 0 Å². The molecule has 0 atom stereocenters. The third-order valence-electron chi connectivity index (χ3n) is 4.81. The predicted octanol–water partition coefficient (Wildman–Crippen LogP) is 1.98. The van der Waals surface area contributed by atoms with E-state index in [4.69, 9.17) is 5.41 Å². The number of amidine groups is 1. The normalized spacial score (nSPS) is 14.7. The Balaban J connectivity index is 2.08. The molecule has 1 saturated heterocycles. The van der Waals surface area contributed by atoms with Gasteiger partial charge in [0.25, 0.3) is 0 Å². The Kier molecular flexibility index (Phi) is 4.67. The topological polar surface area (TPSA) is 89.6 Å². The molecule has 0 bridgehead atoms. The van der Waals surface area contributed by atoms with Crippen molar-refractivity contribution in [3.05, 3.63) is 39.9 Å². The number of hydrogen-bond acceptors (Lipinski definition) is 4. The molecule has 0 unspecified atom stereocenters. The van der Waals surface area contributed by atoms with Crippen LogP contribution in [0, 0.1) is 11.2 Å². The molecule has 0 saturated carbocycles. The molecule has 7 nitrogen and oxygen atoms in total. The van der Waals surface area contributed by atoms with E-state index in [1.54, 1.807) is 17.6 Å². The number of carbonyl (C=O) groups is 1. The molecular weight excluding hydrogens is 339 g/mol. The van der Waals surface area contributed by atoms with Crippen LogP contribution in [0.4, 0.5) is 10.1 Å². The lowest BCUT2D eigenvalue weighted by Gasteiger charge is -2.37. The smallest absolute Gasteiger partial charge is 0.341 e. The summed E-state index contributed by atoms with van der Waals surface area (Å²) in [4.78, 5) is 27.5. The Labute approximate surface area is 149 Å². The number of anilines is 1. The number of hydrogen-bond donors (Lipinski definition) is 2. The number of aromatic nitrogens is 1. The van der Waals surface area contributed by atoms with Crippen LogP contribution in [0.25, 0.3) is 10.9 Å². The van der Waals surface area contributed by atoms with Gasteiger partial charge in [-0.1, -0.05) is 0 Å². The minimum Gasteiger partial charge on any atom is -0.477 e. The maximum absolute atomic E-state index is 14.7. The molecule has 1 aliphatic rings. The van der Waals surface area contributed by atoms with Gasteiger partial charge in [0.15, 0.2) is 0 Å². The van der Waals surface area contributed by atoms with Crippen LogP contribution in [0.2, 0.25) is 0 Å². The summed E-state index contributed by atoms with van der Waals surface area (Å²) in [5.74, 6) is -1.37. The highest BCUT2D eigenvalue weighted by atomic mass is 19.1. The van der Waals surface area contributed by atoms with E-state index in [1.165, 1.54) is 6.20 Å². The molecule has 0 amide bonds. The molecule has 2 heterocycles. The van der Waals surface area contributed by atoms with E-state index in [-0.39, 0.29) is 10.9 Å². The van der Waals surface area contributed by atoms with Crippen molar-refractivity contribution in [1.82, 2.24) is 9.47 Å². The van der Waals surface area contributed by atoms with Crippen LogP contribution >= 0.6 is 0 Å². The quantitative estimate of drug-likeness (QED) is 0.645. The number of nitrogens with zero attached hydrogens (tertiary/aromatic N) is 3. The Bertz CT molecular complexity index is 946. The zero-order valence-electron chi connectivity index (χ0n) is 14.8. The zero-order valence-corrected chi connectivity index (χ0v) is 14.8. The number of aryl methyl sites for hydroxylation is 1. The van der Waals surface area contributed by atoms with E-state index in [0.717, 1.165) is 6.07 Å². The van der Waals surface area contributed by atoms with Crippen molar-refractivity contribution in [2.75, 3.05) is 31.1 Å². The maximum Gasteiger partial charge on any atom is 0.341 e. The number of aromatic carboxylic acids is 1. The Morgan fingerprint density at radius 1 is 1.27 bits per heavy atom. The second-order valence-corrected chi connectivity index (χ2v) is 6.34. The number of halogens is 1. The van der Waals surface area contributed by atoms with Crippen LogP contribution in [-0.2, 0) is 6.54 Å². The Hall–Kier alpha value is -2.90. The first kappa shape index (κ1) is 17.9. The van der Waals surface area contributed by atoms with E-state index >= 15 is 0 Å². The van der Waals surface area contributed by atoms with Crippen LogP contribution in [0.5, 0.6) is 0 Å². The first-order valence-corrected chi connectivity index (χ1v) is 8.48. The Morgan fingerprint density at radius 2 is 1.92 bits per heavy atom. The first-order chi connectivity index (χ1) is 12.3. The molecule has 1 aliphatic heterocycles. The number of fused-ring (bicyclic) bond motifs is 1. The van der Waals surface area contributed by atoms with Gasteiger partial charge < -0.3 is 19.5 Å². The van der Waals surface area contributed by atoms with Crippen molar-refractivity contribution in [3.8, 4) is 0 Å². The molecule has 8 heteroatoms. The molecular formula is C18H21FN4O3. The fraction of sp³-hybridized carbons (Fsp3) is 0.389. The van der Waals surface area contributed by atoms with E-state index in [9.17, 15) is 19.1 Å². The summed E-state index contributed by atoms with van der Waals surface area (Å²) in [6, 6.07) is 2.76. The molecule has 26 heavy (non-hydrogen) atoms. The molecule has 0 spiro atoms. The number of piperazine rings is 1. The van der Waals surface area contributed by atoms with Gasteiger partial charge >= 0.3 is 5.97 Å². The van der Waals surface area contributed by atoms with Gasteiger partial charge in [-0.15, -0.1) is 0 Å². The summed E-state index contributed by atoms with van der Waals surface area (Å²) in [6.07, 6.45) is 1.31. The van der Waals surface area contributed by atoms with Gasteiger partial charge in [0.2, 0.25) is 5.43 Å². The number of pyridine rings is 1. The third kappa shape index (κ3) is 3.02. The van der Waals surface area contributed by atoms with Gasteiger partial charge in [-0.3, -0.25) is 10.2 Å². The number of nitrogens with one attached hydrogen (secondary N) is 1. The summed E-state index contributed by atoms with van der Waals surface area (Å²) >= 11 is 0. The monoisotopic (exact) mass is 360 g/mol. The molecule has 138 valence electrons. The van der Waals surface area contributed by atoms with Crippen LogP contribution in [0.1, 0.15) is 24.2 Å². The minimum atomic E-state index is -1.32. The van der Waals surface area contributed by atoms with Crippen molar-refractivity contribution >= 4 is 28.4 Å². The lowest BCUT2D eigenvalue weighted by Crippen LogP contribution is -2.48. The van der Waals surface area contributed by atoms with Crippen molar-refractivity contribution in [1.29, 1.82) is 5.41 Å². The summed E-state index contributed by atoms with van der Waals surface area (Å²) in [5, 5.41) is 17.0. The molecule has 1 fully saturated rings. The van der Waals surface area contributed by atoms with E-state index in [0.29, 0.717) is 49.8 Å². The van der Waals surface area contributed by atoms with Crippen LogP contribution in [-0.4, -0.2) is 52.6 Å². The largest absolute Gasteiger partial charge is 0.477 e. The number of rotatable bonds is 3. The second kappa shape index (κ2) is 6.78. The SMILES string of the molecule is CCn1cc(C(=O)O)c(=O)c2cc(F)c(N3CCN(C(C)=N)CC3)cc21. The predicted molar refractivity (Wildman–Crippen MR) is 98.0 cm³/mol. The van der Waals surface area contributed by atoms with Crippen LogP contribution < -0.4 is 10.3 Å². The minimum absolute atomic E-state index is 0.0713. The van der Waals surface area contributed by atoms with E-state index in [2.05, 4.69) is 0 Å². The average Bonchev–Trinajstić information content (AvgIpc) is 2.62. The van der Waals surface area contributed by atoms with Crippen molar-refractivity contribution in [2.45, 2.75) is 20.4 Å².